The predicted octanol–water partition coefficient (Wildman–Crippen LogP) is 3.24. The molecule has 1 amide bonds. The van der Waals surface area contributed by atoms with Gasteiger partial charge in [0.25, 0.3) is 0 Å². The van der Waals surface area contributed by atoms with E-state index in [0.717, 1.165) is 71.6 Å². The summed E-state index contributed by atoms with van der Waals surface area (Å²) in [5.74, 6) is 0.965. The van der Waals surface area contributed by atoms with E-state index in [1.54, 1.807) is 0 Å². The third-order valence-electron chi connectivity index (χ3n) is 6.42. The second kappa shape index (κ2) is 8.57. The predicted molar refractivity (Wildman–Crippen MR) is 108 cm³/mol. The monoisotopic (exact) mass is 368 g/mol. The van der Waals surface area contributed by atoms with Crippen molar-refractivity contribution in [1.29, 1.82) is 0 Å². The number of rotatable bonds is 7. The molecule has 0 radical (unpaired) electrons. The first-order valence-corrected chi connectivity index (χ1v) is 10.6. The Hall–Kier alpha value is -1.65. The molecule has 1 atom stereocenters. The van der Waals surface area contributed by atoms with Crippen molar-refractivity contribution in [3.05, 3.63) is 48.0 Å². The van der Waals surface area contributed by atoms with Gasteiger partial charge in [0, 0.05) is 32.7 Å². The van der Waals surface area contributed by atoms with Crippen LogP contribution in [0.4, 0.5) is 0 Å². The average Bonchev–Trinajstić information content (AvgIpc) is 3.55. The molecule has 4 heteroatoms. The number of carbonyl (C=O) groups excluding carboxylic acids is 1. The number of benzene rings is 1. The number of morpholine rings is 1. The van der Waals surface area contributed by atoms with Gasteiger partial charge in [0.15, 0.2) is 0 Å². The van der Waals surface area contributed by atoms with Crippen LogP contribution in [0.25, 0.3) is 0 Å². The maximum atomic E-state index is 13.6. The maximum Gasteiger partial charge on any atom is 0.233 e. The molecule has 0 N–H and O–H groups in total. The Labute approximate surface area is 163 Å². The van der Waals surface area contributed by atoms with Gasteiger partial charge in [0.05, 0.1) is 18.6 Å². The minimum Gasteiger partial charge on any atom is -0.379 e. The average molecular weight is 369 g/mol. The normalized spacial score (nSPS) is 24.5. The summed E-state index contributed by atoms with van der Waals surface area (Å²) in [5.41, 5.74) is 0.950. The zero-order valence-electron chi connectivity index (χ0n) is 16.3. The second-order valence-electron chi connectivity index (χ2n) is 8.30. The van der Waals surface area contributed by atoms with Gasteiger partial charge in [-0.15, -0.1) is 0 Å². The minimum atomic E-state index is -0.253. The highest BCUT2D eigenvalue weighted by atomic mass is 16.5. The molecule has 4 nitrogen and oxygen atoms in total. The molecule has 146 valence electrons. The first-order valence-electron chi connectivity index (χ1n) is 10.6. The Kier molecular flexibility index (Phi) is 5.94. The lowest BCUT2D eigenvalue weighted by molar-refractivity contribution is -0.135. The molecule has 2 aliphatic carbocycles. The van der Waals surface area contributed by atoms with E-state index in [1.165, 1.54) is 12.0 Å². The van der Waals surface area contributed by atoms with Gasteiger partial charge in [0.2, 0.25) is 5.91 Å². The molecule has 4 rings (SSSR count). The van der Waals surface area contributed by atoms with Gasteiger partial charge in [-0.2, -0.15) is 0 Å². The van der Waals surface area contributed by atoms with Crippen LogP contribution in [0.5, 0.6) is 0 Å². The lowest BCUT2D eigenvalue weighted by atomic mass is 9.91. The van der Waals surface area contributed by atoms with Crippen LogP contribution in [-0.4, -0.2) is 61.6 Å². The van der Waals surface area contributed by atoms with Gasteiger partial charge in [-0.3, -0.25) is 9.69 Å². The molecule has 1 heterocycles. The van der Waals surface area contributed by atoms with Crippen LogP contribution in [0.3, 0.4) is 0 Å². The van der Waals surface area contributed by atoms with Crippen molar-refractivity contribution >= 4 is 5.91 Å². The van der Waals surface area contributed by atoms with Crippen LogP contribution in [0.15, 0.2) is 42.5 Å². The van der Waals surface area contributed by atoms with Crippen molar-refractivity contribution in [3.63, 3.8) is 0 Å². The fraction of sp³-hybridized carbons (Fsp3) is 0.609. The van der Waals surface area contributed by atoms with Crippen molar-refractivity contribution in [2.24, 2.45) is 5.92 Å². The topological polar surface area (TPSA) is 32.8 Å². The summed E-state index contributed by atoms with van der Waals surface area (Å²) in [7, 11) is 0. The smallest absolute Gasteiger partial charge is 0.233 e. The van der Waals surface area contributed by atoms with Gasteiger partial charge >= 0.3 is 0 Å². The molecule has 1 aromatic carbocycles. The zero-order chi connectivity index (χ0) is 18.5. The Bertz CT molecular complexity index is 648. The van der Waals surface area contributed by atoms with Crippen molar-refractivity contribution in [2.45, 2.75) is 37.5 Å². The van der Waals surface area contributed by atoms with Crippen molar-refractivity contribution in [3.8, 4) is 0 Å². The molecule has 2 fully saturated rings. The van der Waals surface area contributed by atoms with Gasteiger partial charge in [-0.1, -0.05) is 42.5 Å². The number of hydrogen-bond acceptors (Lipinski definition) is 3. The quantitative estimate of drug-likeness (QED) is 0.693. The number of carbonyl (C=O) groups is 1. The number of hydrogen-bond donors (Lipinski definition) is 0. The van der Waals surface area contributed by atoms with E-state index in [4.69, 9.17) is 4.74 Å². The van der Waals surface area contributed by atoms with Crippen LogP contribution in [0.2, 0.25) is 0 Å². The van der Waals surface area contributed by atoms with Crippen molar-refractivity contribution in [2.75, 3.05) is 45.9 Å². The minimum absolute atomic E-state index is 0.253. The largest absolute Gasteiger partial charge is 0.379 e. The summed E-state index contributed by atoms with van der Waals surface area (Å²) in [4.78, 5) is 18.3. The summed E-state index contributed by atoms with van der Waals surface area (Å²) in [6.45, 7) is 6.30. The molecule has 27 heavy (non-hydrogen) atoms. The summed E-state index contributed by atoms with van der Waals surface area (Å²) in [6, 6.07) is 10.4. The van der Waals surface area contributed by atoms with E-state index in [0.29, 0.717) is 11.8 Å². The fourth-order valence-electron chi connectivity index (χ4n) is 4.51. The SMILES string of the molecule is O=C(N(CCN1CCOCC1)C[C@H]1CC=CCC1)C1(c2ccccc2)CC1. The highest BCUT2D eigenvalue weighted by Gasteiger charge is 2.53. The Morgan fingerprint density at radius 2 is 1.93 bits per heavy atom. The third-order valence-corrected chi connectivity index (χ3v) is 6.42. The van der Waals surface area contributed by atoms with E-state index >= 15 is 0 Å². The van der Waals surface area contributed by atoms with E-state index in [9.17, 15) is 4.79 Å². The molecular formula is C23H32N2O2. The molecule has 0 spiro atoms. The van der Waals surface area contributed by atoms with Crippen LogP contribution < -0.4 is 0 Å². The second-order valence-corrected chi connectivity index (χ2v) is 8.30. The van der Waals surface area contributed by atoms with Gasteiger partial charge in [-0.05, 0) is 43.6 Å². The van der Waals surface area contributed by atoms with Gasteiger partial charge in [0.1, 0.15) is 0 Å². The molecular weight excluding hydrogens is 336 g/mol. The lowest BCUT2D eigenvalue weighted by Crippen LogP contribution is -2.47. The van der Waals surface area contributed by atoms with Crippen LogP contribution in [0.1, 0.15) is 37.7 Å². The molecule has 1 aromatic rings. The molecule has 0 aromatic heterocycles. The van der Waals surface area contributed by atoms with Crippen molar-refractivity contribution < 1.29 is 9.53 Å². The molecule has 1 saturated heterocycles. The number of nitrogens with zero attached hydrogens (tertiary/aromatic N) is 2. The third kappa shape index (κ3) is 4.44. The molecule has 0 bridgehead atoms. The first kappa shape index (κ1) is 18.7. The first-order chi connectivity index (χ1) is 13.3. The standard InChI is InChI=1S/C23H32N2O2/c26-22(23(11-12-23)21-9-5-2-6-10-21)25(19-20-7-3-1-4-8-20)14-13-24-15-17-27-18-16-24/h1-3,5-6,9-10,20H,4,7-8,11-19H2/t20-/m0/s1. The van der Waals surface area contributed by atoms with Crippen LogP contribution in [0, 0.1) is 5.92 Å². The summed E-state index contributed by atoms with van der Waals surface area (Å²) in [5, 5.41) is 0. The summed E-state index contributed by atoms with van der Waals surface area (Å²) in [6.07, 6.45) is 10.0. The highest BCUT2D eigenvalue weighted by molar-refractivity contribution is 5.91. The molecule has 1 saturated carbocycles. The van der Waals surface area contributed by atoms with E-state index in [-0.39, 0.29) is 5.41 Å². The van der Waals surface area contributed by atoms with Gasteiger partial charge in [-0.25, -0.2) is 0 Å². The Morgan fingerprint density at radius 1 is 1.15 bits per heavy atom. The van der Waals surface area contributed by atoms with Crippen LogP contribution >= 0.6 is 0 Å². The lowest BCUT2D eigenvalue weighted by Gasteiger charge is -2.34. The summed E-state index contributed by atoms with van der Waals surface area (Å²) < 4.78 is 5.47. The highest BCUT2D eigenvalue weighted by Crippen LogP contribution is 2.49. The molecule has 1 aliphatic heterocycles. The van der Waals surface area contributed by atoms with E-state index in [2.05, 4.69) is 46.2 Å². The zero-order valence-corrected chi connectivity index (χ0v) is 16.3. The number of allylic oxidation sites excluding steroid dienone is 2. The number of ether oxygens (including phenoxy) is 1. The Morgan fingerprint density at radius 3 is 2.59 bits per heavy atom. The van der Waals surface area contributed by atoms with Crippen molar-refractivity contribution in [1.82, 2.24) is 9.80 Å². The van der Waals surface area contributed by atoms with E-state index < -0.39 is 0 Å². The van der Waals surface area contributed by atoms with E-state index in [1.807, 2.05) is 6.07 Å². The Balaban J connectivity index is 1.46. The number of amides is 1. The van der Waals surface area contributed by atoms with Gasteiger partial charge < -0.3 is 9.64 Å². The maximum absolute atomic E-state index is 13.6. The molecule has 3 aliphatic rings. The fourth-order valence-corrected chi connectivity index (χ4v) is 4.51. The molecule has 0 unspecified atom stereocenters. The summed E-state index contributed by atoms with van der Waals surface area (Å²) >= 11 is 0. The van der Waals surface area contributed by atoms with Crippen LogP contribution in [-0.2, 0) is 14.9 Å².